The lowest BCUT2D eigenvalue weighted by atomic mass is 10.1. The molecule has 2 rings (SSSR count). The minimum absolute atomic E-state index is 0.290. The first kappa shape index (κ1) is 17.4. The molecule has 2 aromatic rings. The van der Waals surface area contributed by atoms with Gasteiger partial charge in [0.05, 0.1) is 6.04 Å². The second-order valence-corrected chi connectivity index (χ2v) is 5.87. The molecule has 1 aromatic carbocycles. The van der Waals surface area contributed by atoms with Crippen molar-refractivity contribution in [2.24, 2.45) is 0 Å². The Morgan fingerprint density at radius 2 is 1.96 bits per heavy atom. The summed E-state index contributed by atoms with van der Waals surface area (Å²) >= 11 is 12.0. The van der Waals surface area contributed by atoms with Crippen molar-refractivity contribution < 1.29 is 14.3 Å². The van der Waals surface area contributed by atoms with E-state index in [0.29, 0.717) is 15.7 Å². The number of rotatable bonds is 5. The number of H-pyrrole nitrogens is 1. The molecule has 1 amide bonds. The summed E-state index contributed by atoms with van der Waals surface area (Å²) in [7, 11) is 0. The Bertz CT molecular complexity index is 701. The summed E-state index contributed by atoms with van der Waals surface area (Å²) in [6, 6.07) is 7.94. The zero-order valence-corrected chi connectivity index (χ0v) is 14.1. The van der Waals surface area contributed by atoms with Crippen LogP contribution >= 0.6 is 23.2 Å². The highest BCUT2D eigenvalue weighted by molar-refractivity contribution is 6.35. The van der Waals surface area contributed by atoms with Crippen molar-refractivity contribution in [3.8, 4) is 0 Å². The maximum absolute atomic E-state index is 12.1. The van der Waals surface area contributed by atoms with Crippen LogP contribution in [0.25, 0.3) is 0 Å². The minimum atomic E-state index is -0.931. The van der Waals surface area contributed by atoms with Gasteiger partial charge >= 0.3 is 5.97 Å². The van der Waals surface area contributed by atoms with E-state index in [1.807, 2.05) is 0 Å². The lowest BCUT2D eigenvalue weighted by molar-refractivity contribution is -0.129. The first-order chi connectivity index (χ1) is 10.9. The molecule has 0 aliphatic heterocycles. The number of carbonyl (C=O) groups is 2. The highest BCUT2D eigenvalue weighted by Gasteiger charge is 2.22. The Morgan fingerprint density at radius 3 is 2.57 bits per heavy atom. The fraction of sp³-hybridized carbons (Fsp3) is 0.250. The third-order valence-electron chi connectivity index (χ3n) is 3.26. The summed E-state index contributed by atoms with van der Waals surface area (Å²) in [6.45, 7) is 3.29. The number of esters is 1. The molecule has 0 bridgehead atoms. The quantitative estimate of drug-likeness (QED) is 0.803. The van der Waals surface area contributed by atoms with Crippen LogP contribution in [0.3, 0.4) is 0 Å². The van der Waals surface area contributed by atoms with Crippen LogP contribution in [-0.4, -0.2) is 23.0 Å². The first-order valence-corrected chi connectivity index (χ1v) is 7.73. The normalized spacial score (nSPS) is 13.2. The molecule has 0 saturated carbocycles. The van der Waals surface area contributed by atoms with Gasteiger partial charge in [-0.15, -0.1) is 0 Å². The third-order valence-corrected chi connectivity index (χ3v) is 3.82. The zero-order chi connectivity index (χ0) is 17.0. The summed E-state index contributed by atoms with van der Waals surface area (Å²) < 4.78 is 5.11. The predicted molar refractivity (Wildman–Crippen MR) is 88.7 cm³/mol. The number of carbonyl (C=O) groups excluding carboxylic acids is 2. The van der Waals surface area contributed by atoms with Gasteiger partial charge in [-0.2, -0.15) is 0 Å². The van der Waals surface area contributed by atoms with Gasteiger partial charge in [0.2, 0.25) is 0 Å². The number of hydrogen-bond donors (Lipinski definition) is 2. The van der Waals surface area contributed by atoms with E-state index in [4.69, 9.17) is 27.9 Å². The molecule has 5 nitrogen and oxygen atoms in total. The maximum Gasteiger partial charge on any atom is 0.355 e. The van der Waals surface area contributed by atoms with E-state index in [0.717, 1.165) is 5.56 Å². The zero-order valence-electron chi connectivity index (χ0n) is 12.6. The summed E-state index contributed by atoms with van der Waals surface area (Å²) in [5.41, 5.74) is 1.02. The fourth-order valence-electron chi connectivity index (χ4n) is 2.00. The minimum Gasteiger partial charge on any atom is -0.448 e. The Kier molecular flexibility index (Phi) is 5.69. The SMILES string of the molecule is C[C@H](OC(=O)c1ccc[nH]1)C(=O)N[C@@H](C)c1ccc(Cl)cc1Cl. The number of aromatic amines is 1. The van der Waals surface area contributed by atoms with Gasteiger partial charge in [-0.05, 0) is 43.7 Å². The smallest absolute Gasteiger partial charge is 0.355 e. The molecule has 0 saturated heterocycles. The van der Waals surface area contributed by atoms with Crippen LogP contribution in [0.4, 0.5) is 0 Å². The molecule has 0 unspecified atom stereocenters. The van der Waals surface area contributed by atoms with Gasteiger partial charge in [-0.25, -0.2) is 4.79 Å². The van der Waals surface area contributed by atoms with Gasteiger partial charge < -0.3 is 15.0 Å². The van der Waals surface area contributed by atoms with Crippen LogP contribution in [0.5, 0.6) is 0 Å². The Morgan fingerprint density at radius 1 is 1.22 bits per heavy atom. The lowest BCUT2D eigenvalue weighted by Gasteiger charge is -2.19. The van der Waals surface area contributed by atoms with Gasteiger partial charge in [-0.3, -0.25) is 4.79 Å². The van der Waals surface area contributed by atoms with Gasteiger partial charge in [-0.1, -0.05) is 29.3 Å². The van der Waals surface area contributed by atoms with E-state index < -0.39 is 18.0 Å². The second-order valence-electron chi connectivity index (χ2n) is 5.03. The van der Waals surface area contributed by atoms with E-state index in [1.165, 1.54) is 6.92 Å². The number of ether oxygens (including phenoxy) is 1. The summed E-state index contributed by atoms with van der Waals surface area (Å²) in [5, 5.41) is 3.73. The van der Waals surface area contributed by atoms with Crippen LogP contribution in [0.2, 0.25) is 10.0 Å². The predicted octanol–water partition coefficient (Wildman–Crippen LogP) is 3.74. The van der Waals surface area contributed by atoms with Crippen molar-refractivity contribution in [1.82, 2.24) is 10.3 Å². The number of amides is 1. The summed E-state index contributed by atoms with van der Waals surface area (Å²) in [4.78, 5) is 26.7. The van der Waals surface area contributed by atoms with E-state index in [2.05, 4.69) is 10.3 Å². The maximum atomic E-state index is 12.1. The number of aromatic nitrogens is 1. The summed E-state index contributed by atoms with van der Waals surface area (Å²) in [5.74, 6) is -1.00. The van der Waals surface area contributed by atoms with Crippen LogP contribution in [0, 0.1) is 0 Å². The first-order valence-electron chi connectivity index (χ1n) is 6.98. The Balaban J connectivity index is 1.96. The van der Waals surface area contributed by atoms with Crippen molar-refractivity contribution in [3.05, 3.63) is 57.8 Å². The molecule has 1 heterocycles. The monoisotopic (exact) mass is 354 g/mol. The Hall–Kier alpha value is -1.98. The highest BCUT2D eigenvalue weighted by atomic mass is 35.5. The largest absolute Gasteiger partial charge is 0.448 e. The molecule has 23 heavy (non-hydrogen) atoms. The molecule has 0 aliphatic carbocycles. The molecule has 1 aromatic heterocycles. The van der Waals surface area contributed by atoms with Crippen LogP contribution < -0.4 is 5.32 Å². The second kappa shape index (κ2) is 7.53. The van der Waals surface area contributed by atoms with Gasteiger partial charge in [0.15, 0.2) is 6.10 Å². The highest BCUT2D eigenvalue weighted by Crippen LogP contribution is 2.26. The molecule has 0 fully saturated rings. The van der Waals surface area contributed by atoms with Crippen molar-refractivity contribution in [2.45, 2.75) is 26.0 Å². The van der Waals surface area contributed by atoms with Gasteiger partial charge in [0, 0.05) is 16.2 Å². The molecular formula is C16H16Cl2N2O3. The topological polar surface area (TPSA) is 71.2 Å². The van der Waals surface area contributed by atoms with E-state index >= 15 is 0 Å². The van der Waals surface area contributed by atoms with E-state index in [1.54, 1.807) is 43.5 Å². The molecule has 7 heteroatoms. The van der Waals surface area contributed by atoms with Crippen LogP contribution in [0.15, 0.2) is 36.5 Å². The number of halogens is 2. The van der Waals surface area contributed by atoms with Crippen LogP contribution in [0.1, 0.15) is 35.9 Å². The van der Waals surface area contributed by atoms with E-state index in [-0.39, 0.29) is 6.04 Å². The molecule has 2 atom stereocenters. The molecular weight excluding hydrogens is 339 g/mol. The van der Waals surface area contributed by atoms with Gasteiger partial charge in [0.1, 0.15) is 5.69 Å². The van der Waals surface area contributed by atoms with Crippen molar-refractivity contribution in [3.63, 3.8) is 0 Å². The van der Waals surface area contributed by atoms with Crippen molar-refractivity contribution in [2.75, 3.05) is 0 Å². The molecule has 0 spiro atoms. The molecule has 2 N–H and O–H groups in total. The average molecular weight is 355 g/mol. The van der Waals surface area contributed by atoms with Crippen LogP contribution in [-0.2, 0) is 9.53 Å². The average Bonchev–Trinajstić information content (AvgIpc) is 3.01. The van der Waals surface area contributed by atoms with E-state index in [9.17, 15) is 9.59 Å². The van der Waals surface area contributed by atoms with Gasteiger partial charge in [0.25, 0.3) is 5.91 Å². The standard InChI is InChI=1S/C16H16Cl2N2O3/c1-9(12-6-5-11(17)8-13(12)18)20-15(21)10(2)23-16(22)14-4-3-7-19-14/h3-10,19H,1-2H3,(H,20,21)/t9-,10-/m0/s1. The number of benzene rings is 1. The third kappa shape index (κ3) is 4.50. The fourth-order valence-corrected chi connectivity index (χ4v) is 2.57. The number of hydrogen-bond acceptors (Lipinski definition) is 3. The molecule has 0 aliphatic rings. The Labute approximate surface area is 143 Å². The van der Waals surface area contributed by atoms with Crippen molar-refractivity contribution in [1.29, 1.82) is 0 Å². The molecule has 0 radical (unpaired) electrons. The molecule has 122 valence electrons. The lowest BCUT2D eigenvalue weighted by Crippen LogP contribution is -2.37. The number of nitrogens with one attached hydrogen (secondary N) is 2. The summed E-state index contributed by atoms with van der Waals surface area (Å²) in [6.07, 6.45) is 0.672. The van der Waals surface area contributed by atoms with Crippen molar-refractivity contribution >= 4 is 35.1 Å².